The fraction of sp³-hybridized carbons (Fsp3) is 0.333. The van der Waals surface area contributed by atoms with E-state index in [0.717, 1.165) is 42.1 Å². The molecule has 6 nitrogen and oxygen atoms in total. The number of amides is 1. The second-order valence-electron chi connectivity index (χ2n) is 6.24. The van der Waals surface area contributed by atoms with Crippen LogP contribution in [0.4, 0.5) is 5.13 Å². The molecule has 1 unspecified atom stereocenters. The first-order valence-corrected chi connectivity index (χ1v) is 9.31. The average Bonchev–Trinajstić information content (AvgIpc) is 3.21. The summed E-state index contributed by atoms with van der Waals surface area (Å²) in [5.41, 5.74) is 2.16. The molecule has 4 rings (SSSR count). The van der Waals surface area contributed by atoms with Crippen molar-refractivity contribution in [1.82, 2.24) is 20.3 Å². The molecule has 2 aromatic heterocycles. The first-order chi connectivity index (χ1) is 12.3. The third kappa shape index (κ3) is 3.61. The number of piperidine rings is 1. The van der Waals surface area contributed by atoms with Gasteiger partial charge in [0.1, 0.15) is 0 Å². The van der Waals surface area contributed by atoms with E-state index in [-0.39, 0.29) is 5.91 Å². The quantitative estimate of drug-likeness (QED) is 0.781. The van der Waals surface area contributed by atoms with Crippen molar-refractivity contribution in [3.63, 3.8) is 0 Å². The van der Waals surface area contributed by atoms with Crippen LogP contribution in [0, 0.1) is 5.92 Å². The van der Waals surface area contributed by atoms with Crippen molar-refractivity contribution in [3.05, 3.63) is 47.7 Å². The molecule has 25 heavy (non-hydrogen) atoms. The van der Waals surface area contributed by atoms with Gasteiger partial charge in [0.05, 0.1) is 11.0 Å². The number of hydrogen-bond donors (Lipinski definition) is 1. The van der Waals surface area contributed by atoms with E-state index >= 15 is 0 Å². The molecule has 0 saturated carbocycles. The highest BCUT2D eigenvalue weighted by molar-refractivity contribution is 7.13. The molecule has 0 bridgehead atoms. The Bertz CT molecular complexity index is 867. The normalized spacial score (nSPS) is 17.6. The van der Waals surface area contributed by atoms with E-state index in [1.54, 1.807) is 35.9 Å². The minimum atomic E-state index is -0.0566. The number of benzene rings is 1. The predicted octanol–water partition coefficient (Wildman–Crippen LogP) is 2.73. The van der Waals surface area contributed by atoms with Crippen LogP contribution in [0.5, 0.6) is 0 Å². The number of anilines is 1. The molecular formula is C18H19N5OS. The molecule has 0 aliphatic carbocycles. The monoisotopic (exact) mass is 353 g/mol. The molecule has 1 saturated heterocycles. The molecule has 1 aromatic carbocycles. The minimum Gasteiger partial charge on any atom is -0.352 e. The third-order valence-corrected chi connectivity index (χ3v) is 5.32. The van der Waals surface area contributed by atoms with Crippen LogP contribution < -0.4 is 10.2 Å². The summed E-state index contributed by atoms with van der Waals surface area (Å²) in [7, 11) is 0. The zero-order chi connectivity index (χ0) is 17.1. The lowest BCUT2D eigenvalue weighted by molar-refractivity contribution is 0.0946. The van der Waals surface area contributed by atoms with Crippen LogP contribution in [0.1, 0.15) is 23.2 Å². The lowest BCUT2D eigenvalue weighted by Crippen LogP contribution is -2.41. The number of rotatable bonds is 4. The molecule has 1 N–H and O–H groups in total. The van der Waals surface area contributed by atoms with Crippen molar-refractivity contribution < 1.29 is 4.79 Å². The molecule has 128 valence electrons. The SMILES string of the molecule is O=C(NCC1CCCN(c2nccs2)C1)c1ccc2nccnc2c1. The van der Waals surface area contributed by atoms with Crippen molar-refractivity contribution >= 4 is 33.4 Å². The largest absolute Gasteiger partial charge is 0.352 e. The van der Waals surface area contributed by atoms with Gasteiger partial charge < -0.3 is 10.2 Å². The van der Waals surface area contributed by atoms with Crippen LogP contribution in [-0.4, -0.2) is 40.5 Å². The van der Waals surface area contributed by atoms with Gasteiger partial charge in [-0.05, 0) is 37.0 Å². The smallest absolute Gasteiger partial charge is 0.251 e. The molecule has 3 aromatic rings. The van der Waals surface area contributed by atoms with Crippen LogP contribution >= 0.6 is 11.3 Å². The third-order valence-electron chi connectivity index (χ3n) is 4.49. The van der Waals surface area contributed by atoms with Gasteiger partial charge in [0.2, 0.25) is 0 Å². The van der Waals surface area contributed by atoms with Crippen LogP contribution in [0.3, 0.4) is 0 Å². The summed E-state index contributed by atoms with van der Waals surface area (Å²) < 4.78 is 0. The van der Waals surface area contributed by atoms with Gasteiger partial charge in [-0.25, -0.2) is 4.98 Å². The van der Waals surface area contributed by atoms with Crippen LogP contribution in [0.25, 0.3) is 11.0 Å². The number of aromatic nitrogens is 3. The predicted molar refractivity (Wildman–Crippen MR) is 98.9 cm³/mol. The van der Waals surface area contributed by atoms with Gasteiger partial charge in [-0.1, -0.05) is 0 Å². The van der Waals surface area contributed by atoms with Crippen molar-refractivity contribution in [2.45, 2.75) is 12.8 Å². The fourth-order valence-electron chi connectivity index (χ4n) is 3.22. The molecule has 1 aliphatic heterocycles. The molecule has 1 fully saturated rings. The maximum Gasteiger partial charge on any atom is 0.251 e. The van der Waals surface area contributed by atoms with E-state index in [2.05, 4.69) is 25.2 Å². The summed E-state index contributed by atoms with van der Waals surface area (Å²) in [4.78, 5) is 27.7. The standard InChI is InChI=1S/C18H19N5OS/c24-17(14-3-4-15-16(10-14)20-6-5-19-15)22-11-13-2-1-8-23(12-13)18-21-7-9-25-18/h3-7,9-10,13H,1-2,8,11-12H2,(H,22,24). The van der Waals surface area contributed by atoms with Gasteiger partial charge >= 0.3 is 0 Å². The van der Waals surface area contributed by atoms with Gasteiger partial charge in [0, 0.05) is 49.2 Å². The molecule has 1 aliphatic rings. The lowest BCUT2D eigenvalue weighted by Gasteiger charge is -2.32. The van der Waals surface area contributed by atoms with Gasteiger partial charge in [0.25, 0.3) is 5.91 Å². The Kier molecular flexibility index (Phi) is 4.56. The minimum absolute atomic E-state index is 0.0566. The lowest BCUT2D eigenvalue weighted by atomic mass is 9.98. The summed E-state index contributed by atoms with van der Waals surface area (Å²) in [6, 6.07) is 5.43. The fourth-order valence-corrected chi connectivity index (χ4v) is 3.90. The Morgan fingerprint density at radius 1 is 1.20 bits per heavy atom. The van der Waals surface area contributed by atoms with E-state index in [9.17, 15) is 4.79 Å². The van der Waals surface area contributed by atoms with E-state index in [1.165, 1.54) is 0 Å². The Morgan fingerprint density at radius 2 is 2.08 bits per heavy atom. The number of thiazole rings is 1. The van der Waals surface area contributed by atoms with Crippen LogP contribution in [0.2, 0.25) is 0 Å². The Morgan fingerprint density at radius 3 is 2.92 bits per heavy atom. The zero-order valence-electron chi connectivity index (χ0n) is 13.8. The zero-order valence-corrected chi connectivity index (χ0v) is 14.6. The highest BCUT2D eigenvalue weighted by Gasteiger charge is 2.22. The first kappa shape index (κ1) is 16.0. The van der Waals surface area contributed by atoms with Gasteiger partial charge in [-0.3, -0.25) is 14.8 Å². The summed E-state index contributed by atoms with van der Waals surface area (Å²) in [6.07, 6.45) is 7.39. The molecule has 3 heterocycles. The summed E-state index contributed by atoms with van der Waals surface area (Å²) in [5, 5.41) is 6.14. The molecule has 0 radical (unpaired) electrons. The Hall–Kier alpha value is -2.54. The molecule has 7 heteroatoms. The van der Waals surface area contributed by atoms with E-state index in [4.69, 9.17) is 0 Å². The second kappa shape index (κ2) is 7.14. The van der Waals surface area contributed by atoms with Crippen molar-refractivity contribution in [1.29, 1.82) is 0 Å². The summed E-state index contributed by atoms with van der Waals surface area (Å²) in [6.45, 7) is 2.66. The first-order valence-electron chi connectivity index (χ1n) is 8.43. The number of carbonyl (C=O) groups excluding carboxylic acids is 1. The van der Waals surface area contributed by atoms with E-state index in [1.807, 2.05) is 17.6 Å². The second-order valence-corrected chi connectivity index (χ2v) is 7.11. The Labute approximate surface area is 149 Å². The number of nitrogens with zero attached hydrogens (tertiary/aromatic N) is 4. The van der Waals surface area contributed by atoms with E-state index in [0.29, 0.717) is 18.0 Å². The molecule has 1 atom stereocenters. The molecular weight excluding hydrogens is 334 g/mol. The van der Waals surface area contributed by atoms with Crippen molar-refractivity contribution in [2.75, 3.05) is 24.5 Å². The number of fused-ring (bicyclic) bond motifs is 1. The molecule has 0 spiro atoms. The highest BCUT2D eigenvalue weighted by Crippen LogP contribution is 2.24. The van der Waals surface area contributed by atoms with Gasteiger partial charge in [-0.2, -0.15) is 0 Å². The Balaban J connectivity index is 1.37. The summed E-state index contributed by atoms with van der Waals surface area (Å²) in [5.74, 6) is 0.390. The topological polar surface area (TPSA) is 71.0 Å². The number of carbonyl (C=O) groups is 1. The summed E-state index contributed by atoms with van der Waals surface area (Å²) >= 11 is 1.67. The maximum absolute atomic E-state index is 12.5. The molecule has 1 amide bonds. The van der Waals surface area contributed by atoms with Crippen LogP contribution in [0.15, 0.2) is 42.2 Å². The number of hydrogen-bond acceptors (Lipinski definition) is 6. The highest BCUT2D eigenvalue weighted by atomic mass is 32.1. The van der Waals surface area contributed by atoms with Gasteiger partial charge in [0.15, 0.2) is 5.13 Å². The maximum atomic E-state index is 12.5. The van der Waals surface area contributed by atoms with Crippen LogP contribution in [-0.2, 0) is 0 Å². The van der Waals surface area contributed by atoms with Crippen molar-refractivity contribution in [3.8, 4) is 0 Å². The van der Waals surface area contributed by atoms with E-state index < -0.39 is 0 Å². The average molecular weight is 353 g/mol. The number of nitrogens with one attached hydrogen (secondary N) is 1. The van der Waals surface area contributed by atoms with Crippen molar-refractivity contribution in [2.24, 2.45) is 5.92 Å². The van der Waals surface area contributed by atoms with Gasteiger partial charge in [-0.15, -0.1) is 11.3 Å².